The Morgan fingerprint density at radius 1 is 1.21 bits per heavy atom. The van der Waals surface area contributed by atoms with Gasteiger partial charge in [0.25, 0.3) is 0 Å². The molecule has 0 saturated carbocycles. The maximum atomic E-state index is 13.3. The van der Waals surface area contributed by atoms with Crippen LogP contribution in [0.5, 0.6) is 0 Å². The van der Waals surface area contributed by atoms with E-state index in [0.717, 1.165) is 19.3 Å². The van der Waals surface area contributed by atoms with Gasteiger partial charge in [-0.2, -0.15) is 0 Å². The highest BCUT2D eigenvalue weighted by molar-refractivity contribution is 6.06. The number of rotatable bonds is 11. The molecule has 1 aromatic rings. The molecule has 0 aromatic carbocycles. The number of hydrogen-bond acceptors (Lipinski definition) is 4. The third kappa shape index (κ3) is 5.12. The van der Waals surface area contributed by atoms with Crippen molar-refractivity contribution in [3.8, 4) is 0 Å². The predicted molar refractivity (Wildman–Crippen MR) is 111 cm³/mol. The second kappa shape index (κ2) is 10.8. The number of carbonyl (C=O) groups is 3. The summed E-state index contributed by atoms with van der Waals surface area (Å²) in [7, 11) is 1.74. The number of aromatic nitrogens is 1. The van der Waals surface area contributed by atoms with Crippen molar-refractivity contribution in [3.05, 3.63) is 35.2 Å². The van der Waals surface area contributed by atoms with Gasteiger partial charge in [-0.05, 0) is 39.7 Å². The second-order valence-electron chi connectivity index (χ2n) is 7.05. The summed E-state index contributed by atoms with van der Waals surface area (Å²) in [5.41, 5.74) is 2.13. The molecule has 1 rings (SSSR count). The van der Waals surface area contributed by atoms with Crippen LogP contribution in [0.4, 0.5) is 0 Å². The van der Waals surface area contributed by atoms with Crippen molar-refractivity contribution in [2.45, 2.75) is 66.3 Å². The molecular formula is C22H34N2O4. The highest BCUT2D eigenvalue weighted by atomic mass is 16.5. The Hall–Kier alpha value is -2.37. The summed E-state index contributed by atoms with van der Waals surface area (Å²) >= 11 is 0. The monoisotopic (exact) mass is 390 g/mol. The number of ether oxygens (including phenoxy) is 1. The Bertz CT molecular complexity index is 733. The number of Topliss-reactive ketones (excluding diaryl/α,β-unsaturated/α-hetero) is 1. The molecule has 0 N–H and O–H groups in total. The number of esters is 1. The van der Waals surface area contributed by atoms with Gasteiger partial charge in [0.2, 0.25) is 5.91 Å². The zero-order valence-electron chi connectivity index (χ0n) is 18.1. The van der Waals surface area contributed by atoms with Crippen LogP contribution in [-0.4, -0.2) is 46.3 Å². The van der Waals surface area contributed by atoms with Gasteiger partial charge in [-0.25, -0.2) is 4.79 Å². The van der Waals surface area contributed by atoms with Crippen LogP contribution < -0.4 is 0 Å². The molecular weight excluding hydrogens is 356 g/mol. The molecule has 1 amide bonds. The molecule has 1 unspecified atom stereocenters. The number of unbranched alkanes of at least 4 members (excludes halogenated alkanes) is 2. The van der Waals surface area contributed by atoms with Crippen LogP contribution in [0, 0.1) is 13.8 Å². The van der Waals surface area contributed by atoms with E-state index in [4.69, 9.17) is 4.74 Å². The van der Waals surface area contributed by atoms with Gasteiger partial charge in [-0.1, -0.05) is 25.8 Å². The molecule has 1 atom stereocenters. The summed E-state index contributed by atoms with van der Waals surface area (Å²) in [6.45, 7) is 13.4. The van der Waals surface area contributed by atoms with E-state index in [2.05, 4.69) is 13.5 Å². The van der Waals surface area contributed by atoms with Crippen molar-refractivity contribution >= 4 is 17.7 Å². The predicted octanol–water partition coefficient (Wildman–Crippen LogP) is 3.98. The van der Waals surface area contributed by atoms with Crippen molar-refractivity contribution in [1.82, 2.24) is 9.47 Å². The fraction of sp³-hybridized carbons (Fsp3) is 0.591. The first-order chi connectivity index (χ1) is 13.2. The van der Waals surface area contributed by atoms with E-state index in [9.17, 15) is 14.4 Å². The van der Waals surface area contributed by atoms with E-state index in [1.165, 1.54) is 0 Å². The first kappa shape index (κ1) is 23.7. The Labute approximate surface area is 168 Å². The molecule has 6 nitrogen and oxygen atoms in total. The van der Waals surface area contributed by atoms with E-state index in [0.29, 0.717) is 35.5 Å². The first-order valence-corrected chi connectivity index (χ1v) is 10.00. The maximum Gasteiger partial charge on any atom is 0.355 e. The summed E-state index contributed by atoms with van der Waals surface area (Å²) in [5.74, 6) is -0.672. The molecule has 1 aromatic heterocycles. The van der Waals surface area contributed by atoms with Crippen LogP contribution >= 0.6 is 0 Å². The highest BCUT2D eigenvalue weighted by Gasteiger charge is 2.31. The molecule has 28 heavy (non-hydrogen) atoms. The van der Waals surface area contributed by atoms with E-state index in [1.54, 1.807) is 50.3 Å². The van der Waals surface area contributed by atoms with Crippen LogP contribution in [0.25, 0.3) is 0 Å². The third-order valence-electron chi connectivity index (χ3n) is 5.13. The number of nitrogens with zero attached hydrogens (tertiary/aromatic N) is 2. The van der Waals surface area contributed by atoms with Crippen LogP contribution in [0.3, 0.4) is 0 Å². The van der Waals surface area contributed by atoms with Gasteiger partial charge in [0, 0.05) is 31.3 Å². The van der Waals surface area contributed by atoms with Gasteiger partial charge >= 0.3 is 5.97 Å². The van der Waals surface area contributed by atoms with Crippen molar-refractivity contribution in [1.29, 1.82) is 0 Å². The van der Waals surface area contributed by atoms with Crippen molar-refractivity contribution in [3.63, 3.8) is 0 Å². The third-order valence-corrected chi connectivity index (χ3v) is 5.13. The highest BCUT2D eigenvalue weighted by Crippen LogP contribution is 2.25. The Morgan fingerprint density at radius 2 is 1.86 bits per heavy atom. The zero-order valence-corrected chi connectivity index (χ0v) is 18.1. The number of ketones is 1. The van der Waals surface area contributed by atoms with Crippen LogP contribution in [0.1, 0.15) is 78.6 Å². The summed E-state index contributed by atoms with van der Waals surface area (Å²) in [6.07, 6.45) is 4.87. The fourth-order valence-corrected chi connectivity index (χ4v) is 3.46. The summed E-state index contributed by atoms with van der Waals surface area (Å²) in [6, 6.07) is -0.637. The molecule has 0 spiro atoms. The number of carbonyl (C=O) groups excluding carboxylic acids is 3. The minimum atomic E-state index is -0.637. The smallest absolute Gasteiger partial charge is 0.355 e. The van der Waals surface area contributed by atoms with E-state index < -0.39 is 12.0 Å². The number of amides is 1. The van der Waals surface area contributed by atoms with Crippen LogP contribution in [0.2, 0.25) is 0 Å². The molecule has 0 saturated heterocycles. The molecule has 0 fully saturated rings. The molecule has 0 aliphatic heterocycles. The van der Waals surface area contributed by atoms with E-state index in [1.807, 2.05) is 0 Å². The van der Waals surface area contributed by atoms with Crippen LogP contribution in [0.15, 0.2) is 12.7 Å². The average Bonchev–Trinajstić information content (AvgIpc) is 2.87. The fourth-order valence-electron chi connectivity index (χ4n) is 3.46. The molecule has 0 bridgehead atoms. The molecule has 0 aliphatic rings. The van der Waals surface area contributed by atoms with Crippen molar-refractivity contribution < 1.29 is 19.1 Å². The number of hydrogen-bond donors (Lipinski definition) is 0. The molecule has 0 radical (unpaired) electrons. The van der Waals surface area contributed by atoms with Gasteiger partial charge in [-0.3, -0.25) is 9.59 Å². The van der Waals surface area contributed by atoms with Gasteiger partial charge < -0.3 is 14.2 Å². The molecule has 0 aliphatic carbocycles. The summed E-state index contributed by atoms with van der Waals surface area (Å²) in [4.78, 5) is 39.8. The average molecular weight is 391 g/mol. The Kier molecular flexibility index (Phi) is 9.16. The van der Waals surface area contributed by atoms with Gasteiger partial charge in [-0.15, -0.1) is 6.58 Å². The lowest BCUT2D eigenvalue weighted by Crippen LogP contribution is -2.43. The molecule has 6 heteroatoms. The lowest BCUT2D eigenvalue weighted by molar-refractivity contribution is -0.132. The van der Waals surface area contributed by atoms with Gasteiger partial charge in [0.05, 0.1) is 12.6 Å². The van der Waals surface area contributed by atoms with Crippen molar-refractivity contribution in [2.24, 2.45) is 7.05 Å². The van der Waals surface area contributed by atoms with E-state index in [-0.39, 0.29) is 18.3 Å². The van der Waals surface area contributed by atoms with Crippen LogP contribution in [-0.2, 0) is 16.6 Å². The van der Waals surface area contributed by atoms with Gasteiger partial charge in [0.15, 0.2) is 5.78 Å². The van der Waals surface area contributed by atoms with Crippen molar-refractivity contribution in [2.75, 3.05) is 13.2 Å². The Balaban J connectivity index is 3.20. The maximum absolute atomic E-state index is 13.3. The minimum absolute atomic E-state index is 0.0500. The lowest BCUT2D eigenvalue weighted by Gasteiger charge is -2.27. The quantitative estimate of drug-likeness (QED) is 0.248. The summed E-state index contributed by atoms with van der Waals surface area (Å²) in [5, 5.41) is 0. The normalized spacial score (nSPS) is 11.8. The topological polar surface area (TPSA) is 68.6 Å². The largest absolute Gasteiger partial charge is 0.461 e. The second-order valence-corrected chi connectivity index (χ2v) is 7.05. The Morgan fingerprint density at radius 3 is 2.39 bits per heavy atom. The van der Waals surface area contributed by atoms with Gasteiger partial charge in [0.1, 0.15) is 5.69 Å². The standard InChI is InChI=1S/C22H34N2O4/c1-8-11-12-13-18(25)24(14-9-2)17(6)21(26)19-15(4)20(22(27)28-10-3)23(7)16(19)5/h9,17H,2,8,10-14H2,1,3-7H3. The summed E-state index contributed by atoms with van der Waals surface area (Å²) < 4.78 is 6.82. The molecule has 156 valence electrons. The lowest BCUT2D eigenvalue weighted by atomic mass is 9.99. The SMILES string of the molecule is C=CCN(C(=O)CCCCC)C(C)C(=O)c1c(C)c(C(=O)OCC)n(C)c1C. The van der Waals surface area contributed by atoms with E-state index >= 15 is 0 Å². The molecule has 1 heterocycles. The zero-order chi connectivity index (χ0) is 21.4. The minimum Gasteiger partial charge on any atom is -0.461 e. The first-order valence-electron chi connectivity index (χ1n) is 10.00.